The molecule has 1 atom stereocenters. The maximum Gasteiger partial charge on any atom is 0.270 e. The molecule has 0 spiro atoms. The summed E-state index contributed by atoms with van der Waals surface area (Å²) in [4.78, 5) is 29.9. The Morgan fingerprint density at radius 2 is 1.30 bits per heavy atom. The Morgan fingerprint density at radius 3 is 1.90 bits per heavy atom. The number of nitrogens with two attached hydrogens (primary N) is 1. The summed E-state index contributed by atoms with van der Waals surface area (Å²) in [6.45, 7) is 0. The molecule has 1 aromatic heterocycles. The Morgan fingerprint density at radius 1 is 0.733 bits per heavy atom. The molecule has 0 radical (unpaired) electrons. The average Bonchev–Trinajstić information content (AvgIpc) is 2.79. The third-order valence-electron chi connectivity index (χ3n) is 5.07. The molecule has 0 unspecified atom stereocenters. The molecule has 5 nitrogen and oxygen atoms in total. The summed E-state index contributed by atoms with van der Waals surface area (Å²) in [6.07, 6.45) is 0. The summed E-state index contributed by atoms with van der Waals surface area (Å²) >= 11 is 0. The van der Waals surface area contributed by atoms with Gasteiger partial charge in [0.1, 0.15) is 11.7 Å². The molecule has 148 valence electrons. The predicted molar refractivity (Wildman–Crippen MR) is 117 cm³/mol. The third kappa shape index (κ3) is 4.05. The van der Waals surface area contributed by atoms with E-state index in [1.54, 1.807) is 6.07 Å². The molecule has 0 saturated carbocycles. The Bertz CT molecular complexity index is 1140. The van der Waals surface area contributed by atoms with Crippen molar-refractivity contribution < 1.29 is 9.59 Å². The SMILES string of the molecule is NC(=O)[C@@H](NC(=O)c1ccc2ccccc2n1)C(c1ccccc1)c1ccccc1. The lowest BCUT2D eigenvalue weighted by Crippen LogP contribution is -2.48. The van der Waals surface area contributed by atoms with Crippen LogP contribution in [0.1, 0.15) is 27.5 Å². The fourth-order valence-corrected chi connectivity index (χ4v) is 3.62. The first-order chi connectivity index (χ1) is 14.6. The van der Waals surface area contributed by atoms with E-state index < -0.39 is 23.8 Å². The number of nitrogens with zero attached hydrogens (tertiary/aromatic N) is 1. The minimum Gasteiger partial charge on any atom is -0.368 e. The number of nitrogens with one attached hydrogen (secondary N) is 1. The summed E-state index contributed by atoms with van der Waals surface area (Å²) in [5.41, 5.74) is 8.48. The molecule has 0 bridgehead atoms. The van der Waals surface area contributed by atoms with Crippen LogP contribution in [0.15, 0.2) is 97.1 Å². The zero-order chi connectivity index (χ0) is 20.9. The molecule has 5 heteroatoms. The highest BCUT2D eigenvalue weighted by atomic mass is 16.2. The second-order valence-electron chi connectivity index (χ2n) is 7.04. The number of fused-ring (bicyclic) bond motifs is 1. The number of carbonyl (C=O) groups is 2. The lowest BCUT2D eigenvalue weighted by Gasteiger charge is -2.26. The van der Waals surface area contributed by atoms with Crippen molar-refractivity contribution >= 4 is 22.7 Å². The number of hydrogen-bond acceptors (Lipinski definition) is 3. The predicted octanol–water partition coefficient (Wildman–Crippen LogP) is 3.65. The Balaban J connectivity index is 1.70. The van der Waals surface area contributed by atoms with Crippen molar-refractivity contribution in [1.29, 1.82) is 0 Å². The largest absolute Gasteiger partial charge is 0.368 e. The third-order valence-corrected chi connectivity index (χ3v) is 5.07. The number of carbonyl (C=O) groups excluding carboxylic acids is 2. The highest BCUT2D eigenvalue weighted by molar-refractivity contribution is 5.98. The van der Waals surface area contributed by atoms with Crippen molar-refractivity contribution in [2.75, 3.05) is 0 Å². The zero-order valence-corrected chi connectivity index (χ0v) is 16.2. The molecule has 0 aliphatic heterocycles. The topological polar surface area (TPSA) is 85.1 Å². The molecule has 30 heavy (non-hydrogen) atoms. The molecule has 0 saturated heterocycles. The van der Waals surface area contributed by atoms with Crippen LogP contribution in [0.5, 0.6) is 0 Å². The molecule has 1 heterocycles. The standard InChI is InChI=1S/C25H21N3O2/c26-24(29)23(22(18-10-3-1-4-11-18)19-12-5-2-6-13-19)28-25(30)21-16-15-17-9-7-8-14-20(17)27-21/h1-16,22-23H,(H2,26,29)(H,28,30)/t23-/m0/s1. The second kappa shape index (κ2) is 8.57. The van der Waals surface area contributed by atoms with Crippen LogP contribution in [0, 0.1) is 0 Å². The number of rotatable bonds is 6. The van der Waals surface area contributed by atoms with E-state index in [0.717, 1.165) is 16.5 Å². The van der Waals surface area contributed by atoms with Gasteiger partial charge < -0.3 is 11.1 Å². The van der Waals surface area contributed by atoms with E-state index in [0.29, 0.717) is 5.52 Å². The van der Waals surface area contributed by atoms with E-state index in [9.17, 15) is 9.59 Å². The Labute approximate surface area is 174 Å². The highest BCUT2D eigenvalue weighted by Gasteiger charge is 2.31. The van der Waals surface area contributed by atoms with E-state index in [1.165, 1.54) is 0 Å². The summed E-state index contributed by atoms with van der Waals surface area (Å²) in [7, 11) is 0. The van der Waals surface area contributed by atoms with E-state index in [-0.39, 0.29) is 5.69 Å². The summed E-state index contributed by atoms with van der Waals surface area (Å²) in [5, 5.41) is 3.76. The molecular formula is C25H21N3O2. The van der Waals surface area contributed by atoms with Crippen molar-refractivity contribution in [2.45, 2.75) is 12.0 Å². The van der Waals surface area contributed by atoms with Gasteiger partial charge in [0, 0.05) is 11.3 Å². The molecule has 0 aliphatic rings. The van der Waals surface area contributed by atoms with Gasteiger partial charge in [0.15, 0.2) is 0 Å². The number of amides is 2. The quantitative estimate of drug-likeness (QED) is 0.523. The van der Waals surface area contributed by atoms with Crippen LogP contribution in [0.2, 0.25) is 0 Å². The van der Waals surface area contributed by atoms with Gasteiger partial charge in [0.25, 0.3) is 5.91 Å². The van der Waals surface area contributed by atoms with E-state index in [1.807, 2.05) is 91.0 Å². The van der Waals surface area contributed by atoms with Crippen LogP contribution in [-0.4, -0.2) is 22.8 Å². The number of aromatic nitrogens is 1. The molecule has 3 aromatic carbocycles. The first-order valence-corrected chi connectivity index (χ1v) is 9.69. The maximum absolute atomic E-state index is 13.0. The van der Waals surface area contributed by atoms with Gasteiger partial charge >= 0.3 is 0 Å². The number of primary amides is 1. The zero-order valence-electron chi connectivity index (χ0n) is 16.2. The van der Waals surface area contributed by atoms with Crippen LogP contribution in [0.25, 0.3) is 10.9 Å². The van der Waals surface area contributed by atoms with Crippen molar-refractivity contribution in [2.24, 2.45) is 5.73 Å². The fourth-order valence-electron chi connectivity index (χ4n) is 3.62. The molecule has 4 aromatic rings. The summed E-state index contributed by atoms with van der Waals surface area (Å²) in [5.74, 6) is -1.47. The normalized spacial score (nSPS) is 11.9. The lowest BCUT2D eigenvalue weighted by molar-refractivity contribution is -0.120. The van der Waals surface area contributed by atoms with Gasteiger partial charge in [-0.25, -0.2) is 4.98 Å². The number of para-hydroxylation sites is 1. The molecule has 4 rings (SSSR count). The second-order valence-corrected chi connectivity index (χ2v) is 7.04. The number of benzene rings is 3. The Hall–Kier alpha value is -3.99. The first-order valence-electron chi connectivity index (χ1n) is 9.69. The minimum absolute atomic E-state index is 0.236. The van der Waals surface area contributed by atoms with Crippen molar-refractivity contribution in [3.05, 3.63) is 114 Å². The molecule has 2 amide bonds. The minimum atomic E-state index is -0.935. The van der Waals surface area contributed by atoms with E-state index >= 15 is 0 Å². The maximum atomic E-state index is 13.0. The summed E-state index contributed by atoms with van der Waals surface area (Å²) < 4.78 is 0. The van der Waals surface area contributed by atoms with Crippen LogP contribution < -0.4 is 11.1 Å². The highest BCUT2D eigenvalue weighted by Crippen LogP contribution is 2.28. The summed E-state index contributed by atoms with van der Waals surface area (Å²) in [6, 6.07) is 29.2. The van der Waals surface area contributed by atoms with Crippen LogP contribution >= 0.6 is 0 Å². The van der Waals surface area contributed by atoms with Crippen LogP contribution in [0.3, 0.4) is 0 Å². The van der Waals surface area contributed by atoms with Gasteiger partial charge in [-0.2, -0.15) is 0 Å². The van der Waals surface area contributed by atoms with Crippen LogP contribution in [-0.2, 0) is 4.79 Å². The van der Waals surface area contributed by atoms with Gasteiger partial charge in [-0.1, -0.05) is 84.9 Å². The molecule has 3 N–H and O–H groups in total. The molecule has 0 aliphatic carbocycles. The van der Waals surface area contributed by atoms with Crippen molar-refractivity contribution in [1.82, 2.24) is 10.3 Å². The van der Waals surface area contributed by atoms with Gasteiger partial charge in [-0.05, 0) is 23.3 Å². The van der Waals surface area contributed by atoms with Gasteiger partial charge in [0.2, 0.25) is 5.91 Å². The monoisotopic (exact) mass is 395 g/mol. The van der Waals surface area contributed by atoms with Gasteiger partial charge in [0.05, 0.1) is 5.52 Å². The average molecular weight is 395 g/mol. The smallest absolute Gasteiger partial charge is 0.270 e. The van der Waals surface area contributed by atoms with Gasteiger partial charge in [-0.15, -0.1) is 0 Å². The van der Waals surface area contributed by atoms with Gasteiger partial charge in [-0.3, -0.25) is 9.59 Å². The Kier molecular flexibility index (Phi) is 5.52. The van der Waals surface area contributed by atoms with Crippen molar-refractivity contribution in [3.63, 3.8) is 0 Å². The van der Waals surface area contributed by atoms with E-state index in [4.69, 9.17) is 5.73 Å². The first kappa shape index (κ1) is 19.3. The number of pyridine rings is 1. The molecule has 0 fully saturated rings. The number of hydrogen-bond donors (Lipinski definition) is 2. The van der Waals surface area contributed by atoms with Crippen LogP contribution in [0.4, 0.5) is 0 Å². The fraction of sp³-hybridized carbons (Fsp3) is 0.0800. The lowest BCUT2D eigenvalue weighted by atomic mass is 9.84. The van der Waals surface area contributed by atoms with Crippen molar-refractivity contribution in [3.8, 4) is 0 Å². The molecular weight excluding hydrogens is 374 g/mol. The van der Waals surface area contributed by atoms with E-state index in [2.05, 4.69) is 10.3 Å².